The molecule has 0 aliphatic heterocycles. The maximum absolute atomic E-state index is 11.3. The van der Waals surface area contributed by atoms with E-state index in [-0.39, 0.29) is 5.75 Å². The fraction of sp³-hybridized carbons (Fsp3) is 0.111. The predicted octanol–water partition coefficient (Wildman–Crippen LogP) is 5.14. The number of aromatic nitrogens is 2. The van der Waals surface area contributed by atoms with Gasteiger partial charge in [-0.3, -0.25) is 5.10 Å². The summed E-state index contributed by atoms with van der Waals surface area (Å²) in [6, 6.07) is 21.5. The minimum Gasteiger partial charge on any atom is -0.478 e. The first-order valence-electron chi connectivity index (χ1n) is 10.8. The summed E-state index contributed by atoms with van der Waals surface area (Å²) in [6.45, 7) is 2.08. The summed E-state index contributed by atoms with van der Waals surface area (Å²) in [7, 11) is -2.52. The van der Waals surface area contributed by atoms with E-state index in [0.717, 1.165) is 62.4 Å². The van der Waals surface area contributed by atoms with E-state index in [1.165, 1.54) is 0 Å². The molecule has 3 aromatic carbocycles. The van der Waals surface area contributed by atoms with E-state index < -0.39 is 16.7 Å². The number of hydrogen-bond acceptors (Lipinski definition) is 4. The molecule has 4 aromatic rings. The monoisotopic (exact) mass is 472 g/mol. The summed E-state index contributed by atoms with van der Waals surface area (Å²) in [4.78, 5) is 10.9. The zero-order chi connectivity index (χ0) is 24.1. The van der Waals surface area contributed by atoms with Crippen molar-refractivity contribution >= 4 is 44.8 Å². The van der Waals surface area contributed by atoms with Crippen molar-refractivity contribution in [2.24, 2.45) is 0 Å². The summed E-state index contributed by atoms with van der Waals surface area (Å²) in [6.07, 6.45) is 5.18. The van der Waals surface area contributed by atoms with Gasteiger partial charge in [0.1, 0.15) is 10.7 Å². The van der Waals surface area contributed by atoms with Gasteiger partial charge in [0.05, 0.1) is 17.5 Å². The van der Waals surface area contributed by atoms with Gasteiger partial charge in [0.2, 0.25) is 0 Å². The number of allylic oxidation sites excluding steroid dienone is 1. The Morgan fingerprint density at radius 1 is 1.00 bits per heavy atom. The topological polar surface area (TPSA) is 100 Å². The lowest BCUT2D eigenvalue weighted by atomic mass is 9.87. The first kappa shape index (κ1) is 23.2. The molecule has 0 unspecified atom stereocenters. The third-order valence-electron chi connectivity index (χ3n) is 5.59. The third kappa shape index (κ3) is 5.32. The van der Waals surface area contributed by atoms with Gasteiger partial charge in [-0.05, 0) is 63.6 Å². The number of carboxylic acid groups (broad SMARTS) is 1. The van der Waals surface area contributed by atoms with Crippen LogP contribution in [-0.2, 0) is 21.3 Å². The minimum atomic E-state index is -2.52. The zero-order valence-electron chi connectivity index (χ0n) is 18.6. The highest BCUT2D eigenvalue weighted by Gasteiger charge is 2.14. The van der Waals surface area contributed by atoms with Crippen molar-refractivity contribution in [3.05, 3.63) is 107 Å². The summed E-state index contributed by atoms with van der Waals surface area (Å²) in [5.74, 6) is -0.993. The maximum Gasteiger partial charge on any atom is 0.328 e. The number of hydrogen-bond donors (Lipinski definition) is 3. The van der Waals surface area contributed by atoms with E-state index in [1.807, 2.05) is 60.7 Å². The Labute approximate surface area is 199 Å². The Morgan fingerprint density at radius 2 is 1.76 bits per heavy atom. The Kier molecular flexibility index (Phi) is 7.04. The van der Waals surface area contributed by atoms with Gasteiger partial charge in [0.25, 0.3) is 0 Å². The van der Waals surface area contributed by atoms with Crippen LogP contribution in [0.2, 0.25) is 0 Å². The van der Waals surface area contributed by atoms with Crippen LogP contribution in [0, 0.1) is 0 Å². The summed E-state index contributed by atoms with van der Waals surface area (Å²) in [5.41, 5.74) is 7.55. The molecule has 34 heavy (non-hydrogen) atoms. The molecule has 7 heteroatoms. The van der Waals surface area contributed by atoms with Gasteiger partial charge in [0, 0.05) is 11.5 Å². The summed E-state index contributed by atoms with van der Waals surface area (Å²) >= 11 is 0. The van der Waals surface area contributed by atoms with Crippen molar-refractivity contribution in [2.45, 2.75) is 19.1 Å². The van der Waals surface area contributed by atoms with Crippen molar-refractivity contribution in [1.82, 2.24) is 10.2 Å². The number of rotatable bonds is 8. The first-order valence-corrected chi connectivity index (χ1v) is 12.2. The molecule has 0 fully saturated rings. The number of benzene rings is 3. The fourth-order valence-corrected chi connectivity index (χ4v) is 4.57. The molecule has 0 radical (unpaired) electrons. The van der Waals surface area contributed by atoms with E-state index in [0.29, 0.717) is 0 Å². The lowest BCUT2D eigenvalue weighted by Crippen LogP contribution is -1.97. The SMILES string of the molecule is CC/C(=C(/c1ccc(/C=C/C(=O)O)cc1)c1ccc2[nH]ncc2c1)c1cccc(C[SH](=O)=O)c1. The average Bonchev–Trinajstić information content (AvgIpc) is 3.29. The van der Waals surface area contributed by atoms with Gasteiger partial charge in [-0.2, -0.15) is 5.10 Å². The van der Waals surface area contributed by atoms with E-state index >= 15 is 0 Å². The van der Waals surface area contributed by atoms with Gasteiger partial charge in [-0.1, -0.05) is 61.5 Å². The highest BCUT2D eigenvalue weighted by molar-refractivity contribution is 7.71. The number of fused-ring (bicyclic) bond motifs is 1. The molecule has 0 bridgehead atoms. The molecule has 0 aliphatic rings. The van der Waals surface area contributed by atoms with Crippen LogP contribution in [0.1, 0.15) is 41.2 Å². The largest absolute Gasteiger partial charge is 0.478 e. The molecule has 172 valence electrons. The van der Waals surface area contributed by atoms with Crippen LogP contribution in [0.4, 0.5) is 0 Å². The Morgan fingerprint density at radius 3 is 2.47 bits per heavy atom. The maximum atomic E-state index is 11.3. The lowest BCUT2D eigenvalue weighted by molar-refractivity contribution is -0.131. The molecule has 2 N–H and O–H groups in total. The zero-order valence-corrected chi connectivity index (χ0v) is 19.5. The van der Waals surface area contributed by atoms with Crippen molar-refractivity contribution in [3.63, 3.8) is 0 Å². The molecule has 0 spiro atoms. The molecular formula is C27H24N2O4S. The smallest absolute Gasteiger partial charge is 0.328 e. The first-order chi connectivity index (χ1) is 16.4. The van der Waals surface area contributed by atoms with E-state index in [1.54, 1.807) is 12.3 Å². The van der Waals surface area contributed by atoms with Crippen LogP contribution in [0.5, 0.6) is 0 Å². The van der Waals surface area contributed by atoms with Crippen molar-refractivity contribution in [3.8, 4) is 0 Å². The highest BCUT2D eigenvalue weighted by Crippen LogP contribution is 2.36. The number of aromatic amines is 1. The van der Waals surface area contributed by atoms with E-state index in [9.17, 15) is 13.2 Å². The van der Waals surface area contributed by atoms with Gasteiger partial charge in [-0.25, -0.2) is 13.2 Å². The number of nitrogens with zero attached hydrogens (tertiary/aromatic N) is 1. The van der Waals surface area contributed by atoms with Gasteiger partial charge in [0.15, 0.2) is 0 Å². The van der Waals surface area contributed by atoms with E-state index in [2.05, 4.69) is 23.2 Å². The number of carbonyl (C=O) groups is 1. The van der Waals surface area contributed by atoms with Gasteiger partial charge < -0.3 is 5.11 Å². The second-order valence-corrected chi connectivity index (χ2v) is 8.85. The second kappa shape index (κ2) is 10.3. The molecule has 0 amide bonds. The number of thiol groups is 1. The van der Waals surface area contributed by atoms with Crippen LogP contribution in [0.3, 0.4) is 0 Å². The molecule has 0 saturated carbocycles. The predicted molar refractivity (Wildman–Crippen MR) is 136 cm³/mol. The molecular weight excluding hydrogens is 448 g/mol. The quantitative estimate of drug-likeness (QED) is 0.187. The van der Waals surface area contributed by atoms with Crippen molar-refractivity contribution in [2.75, 3.05) is 0 Å². The Hall–Kier alpha value is -3.97. The Balaban J connectivity index is 1.90. The molecule has 0 aliphatic carbocycles. The standard InChI is InChI=1S/C27H24N2O4S/c1-2-24(21-5-3-4-19(14-21)17-34(32)33)27(22-11-12-25-23(15-22)16-28-29-25)20-9-6-18(7-10-20)8-13-26(30)31/h3-16,34H,2,17H2,1H3,(H,28,29)(H,30,31)/b13-8+,27-24+. The molecule has 1 heterocycles. The van der Waals surface area contributed by atoms with Crippen LogP contribution in [0.15, 0.2) is 79.0 Å². The fourth-order valence-electron chi connectivity index (χ4n) is 4.07. The molecule has 0 atom stereocenters. The van der Waals surface area contributed by atoms with Crippen molar-refractivity contribution < 1.29 is 18.3 Å². The van der Waals surface area contributed by atoms with Crippen LogP contribution >= 0.6 is 0 Å². The molecule has 4 rings (SSSR count). The summed E-state index contributed by atoms with van der Waals surface area (Å²) < 4.78 is 22.6. The normalized spacial score (nSPS) is 12.4. The lowest BCUT2D eigenvalue weighted by Gasteiger charge is -2.17. The van der Waals surface area contributed by atoms with Gasteiger partial charge >= 0.3 is 5.97 Å². The Bertz CT molecular complexity index is 1470. The number of aliphatic carboxylic acids is 1. The highest BCUT2D eigenvalue weighted by atomic mass is 32.2. The summed E-state index contributed by atoms with van der Waals surface area (Å²) in [5, 5.41) is 17.0. The second-order valence-electron chi connectivity index (χ2n) is 7.86. The van der Waals surface area contributed by atoms with Gasteiger partial charge in [-0.15, -0.1) is 0 Å². The van der Waals surface area contributed by atoms with Crippen molar-refractivity contribution in [1.29, 1.82) is 0 Å². The molecule has 1 aromatic heterocycles. The number of carboxylic acids is 1. The van der Waals surface area contributed by atoms with Crippen LogP contribution in [0.25, 0.3) is 28.1 Å². The average molecular weight is 473 g/mol. The number of nitrogens with one attached hydrogen (secondary N) is 1. The van der Waals surface area contributed by atoms with Crippen LogP contribution < -0.4 is 0 Å². The number of H-pyrrole nitrogens is 1. The minimum absolute atomic E-state index is 0.00108. The van der Waals surface area contributed by atoms with Crippen LogP contribution in [-0.4, -0.2) is 29.7 Å². The molecule has 0 saturated heterocycles. The van der Waals surface area contributed by atoms with E-state index in [4.69, 9.17) is 5.11 Å². The molecule has 6 nitrogen and oxygen atoms in total. The third-order valence-corrected chi connectivity index (χ3v) is 6.21.